The molecule has 0 radical (unpaired) electrons. The molecule has 0 bridgehead atoms. The van der Waals surface area contributed by atoms with Crippen LogP contribution < -0.4 is 10.4 Å². The lowest BCUT2D eigenvalue weighted by atomic mass is 9.78. The van der Waals surface area contributed by atoms with Gasteiger partial charge in [0.05, 0.1) is 31.2 Å². The second kappa shape index (κ2) is 9.45. The number of hydrogen-bond acceptors (Lipinski definition) is 3. The van der Waals surface area contributed by atoms with E-state index in [1.54, 1.807) is 7.11 Å². The number of carbonyl (C=O) groups excluding carboxylic acids is 1. The molecule has 0 aliphatic heterocycles. The minimum atomic E-state index is -0.193. The molecule has 0 amide bonds. The molecule has 1 heterocycles. The van der Waals surface area contributed by atoms with E-state index in [1.807, 2.05) is 63.7 Å². The molecule has 3 aromatic carbocycles. The minimum Gasteiger partial charge on any atom is -0.496 e. The molecule has 0 atom stereocenters. The lowest BCUT2D eigenvalue weighted by Gasteiger charge is -2.29. The SMILES string of the molecule is COc1c(C(C)(C)C)cc(C(=O)Cn2c(=N)n(Cc3ccccc3)c3ccccc32)cc1C(C)(C)C. The number of Topliss-reactive ketones (excluding diaryl/α,β-unsaturated/α-hetero) is 1. The maximum atomic E-state index is 13.8. The molecule has 4 rings (SSSR count). The van der Waals surface area contributed by atoms with Gasteiger partial charge in [0, 0.05) is 16.7 Å². The van der Waals surface area contributed by atoms with Gasteiger partial charge in [-0.3, -0.25) is 10.2 Å². The molecule has 188 valence electrons. The van der Waals surface area contributed by atoms with Crippen molar-refractivity contribution >= 4 is 16.8 Å². The van der Waals surface area contributed by atoms with Crippen molar-refractivity contribution in [3.63, 3.8) is 0 Å². The van der Waals surface area contributed by atoms with Crippen LogP contribution in [0.3, 0.4) is 0 Å². The summed E-state index contributed by atoms with van der Waals surface area (Å²) in [5.74, 6) is 0.828. The van der Waals surface area contributed by atoms with Gasteiger partial charge in [0.25, 0.3) is 0 Å². The van der Waals surface area contributed by atoms with Gasteiger partial charge < -0.3 is 13.9 Å². The maximum Gasteiger partial charge on any atom is 0.203 e. The van der Waals surface area contributed by atoms with Crippen molar-refractivity contribution in [3.05, 3.63) is 94.6 Å². The number of nitrogens with one attached hydrogen (secondary N) is 1. The molecule has 1 aromatic heterocycles. The monoisotopic (exact) mass is 483 g/mol. The number of benzene rings is 3. The third-order valence-electron chi connectivity index (χ3n) is 6.69. The van der Waals surface area contributed by atoms with Crippen LogP contribution in [0.5, 0.6) is 5.75 Å². The topological polar surface area (TPSA) is 60.0 Å². The van der Waals surface area contributed by atoms with Crippen LogP contribution in [0.1, 0.15) is 68.6 Å². The molecule has 4 aromatic rings. The number of nitrogens with zero attached hydrogens (tertiary/aromatic N) is 2. The van der Waals surface area contributed by atoms with Crippen LogP contribution in [0.2, 0.25) is 0 Å². The number of ether oxygens (including phenoxy) is 1. The predicted molar refractivity (Wildman–Crippen MR) is 146 cm³/mol. The number of carbonyl (C=O) groups is 1. The first-order valence-electron chi connectivity index (χ1n) is 12.4. The van der Waals surface area contributed by atoms with E-state index in [0.717, 1.165) is 33.5 Å². The van der Waals surface area contributed by atoms with E-state index in [-0.39, 0.29) is 23.2 Å². The Hall–Kier alpha value is -3.60. The van der Waals surface area contributed by atoms with Crippen LogP contribution in [0.25, 0.3) is 11.0 Å². The van der Waals surface area contributed by atoms with Crippen molar-refractivity contribution in [2.75, 3.05) is 7.11 Å². The fourth-order valence-electron chi connectivity index (χ4n) is 4.74. The maximum absolute atomic E-state index is 13.8. The van der Waals surface area contributed by atoms with E-state index in [9.17, 15) is 4.79 Å². The molecule has 1 N–H and O–H groups in total. The van der Waals surface area contributed by atoms with Gasteiger partial charge in [-0.25, -0.2) is 0 Å². The number of rotatable bonds is 6. The van der Waals surface area contributed by atoms with Crippen molar-refractivity contribution in [2.24, 2.45) is 0 Å². The van der Waals surface area contributed by atoms with Gasteiger partial charge in [-0.05, 0) is 40.7 Å². The van der Waals surface area contributed by atoms with Crippen LogP contribution in [-0.4, -0.2) is 22.0 Å². The Balaban J connectivity index is 1.81. The first-order chi connectivity index (χ1) is 16.9. The fourth-order valence-corrected chi connectivity index (χ4v) is 4.74. The van der Waals surface area contributed by atoms with Gasteiger partial charge in [-0.2, -0.15) is 0 Å². The Morgan fingerprint density at radius 3 is 1.81 bits per heavy atom. The molecule has 0 saturated heterocycles. The van der Waals surface area contributed by atoms with Crippen molar-refractivity contribution in [1.29, 1.82) is 5.41 Å². The average Bonchev–Trinajstić information content (AvgIpc) is 3.08. The molecule has 36 heavy (non-hydrogen) atoms. The molecular formula is C31H37N3O2. The van der Waals surface area contributed by atoms with Gasteiger partial charge in [-0.1, -0.05) is 84.0 Å². The predicted octanol–water partition coefficient (Wildman–Crippen LogP) is 6.46. The van der Waals surface area contributed by atoms with E-state index in [2.05, 4.69) is 53.7 Å². The molecule has 0 unspecified atom stereocenters. The average molecular weight is 484 g/mol. The highest BCUT2D eigenvalue weighted by Gasteiger charge is 2.29. The number of ketones is 1. The molecule has 0 aliphatic carbocycles. The van der Waals surface area contributed by atoms with Crippen LogP contribution in [0, 0.1) is 5.41 Å². The summed E-state index contributed by atoms with van der Waals surface area (Å²) >= 11 is 0. The van der Waals surface area contributed by atoms with E-state index < -0.39 is 0 Å². The smallest absolute Gasteiger partial charge is 0.203 e. The van der Waals surface area contributed by atoms with Crippen molar-refractivity contribution in [2.45, 2.75) is 65.5 Å². The molecule has 0 aliphatic rings. The largest absolute Gasteiger partial charge is 0.496 e. The van der Waals surface area contributed by atoms with Gasteiger partial charge in [0.1, 0.15) is 5.75 Å². The first kappa shape index (κ1) is 25.5. The lowest BCUT2D eigenvalue weighted by Crippen LogP contribution is -2.28. The Morgan fingerprint density at radius 1 is 0.806 bits per heavy atom. The fraction of sp³-hybridized carbons (Fsp3) is 0.355. The van der Waals surface area contributed by atoms with Crippen LogP contribution in [-0.2, 0) is 23.9 Å². The van der Waals surface area contributed by atoms with E-state index in [0.29, 0.717) is 17.7 Å². The van der Waals surface area contributed by atoms with E-state index >= 15 is 0 Å². The van der Waals surface area contributed by atoms with Crippen molar-refractivity contribution < 1.29 is 9.53 Å². The van der Waals surface area contributed by atoms with Crippen molar-refractivity contribution in [1.82, 2.24) is 9.13 Å². The Morgan fingerprint density at radius 2 is 1.31 bits per heavy atom. The normalized spacial score (nSPS) is 12.2. The van der Waals surface area contributed by atoms with E-state index in [4.69, 9.17) is 10.1 Å². The third-order valence-corrected chi connectivity index (χ3v) is 6.69. The number of fused-ring (bicyclic) bond motifs is 1. The zero-order chi connectivity index (χ0) is 26.3. The third kappa shape index (κ3) is 4.88. The number of aromatic nitrogens is 2. The van der Waals surface area contributed by atoms with Crippen LogP contribution >= 0.6 is 0 Å². The van der Waals surface area contributed by atoms with Crippen LogP contribution in [0.4, 0.5) is 0 Å². The molecule has 5 nitrogen and oxygen atoms in total. The van der Waals surface area contributed by atoms with E-state index in [1.165, 1.54) is 0 Å². The Bertz CT molecular complexity index is 1430. The molecule has 5 heteroatoms. The van der Waals surface area contributed by atoms with Gasteiger partial charge in [0.15, 0.2) is 5.78 Å². The molecule has 0 saturated carbocycles. The molecule has 0 fully saturated rings. The summed E-state index contributed by atoms with van der Waals surface area (Å²) in [6.07, 6.45) is 0. The lowest BCUT2D eigenvalue weighted by molar-refractivity contribution is 0.0971. The second-order valence-electron chi connectivity index (χ2n) is 11.5. The van der Waals surface area contributed by atoms with Gasteiger partial charge in [-0.15, -0.1) is 0 Å². The zero-order valence-corrected chi connectivity index (χ0v) is 22.5. The number of para-hydroxylation sites is 2. The highest BCUT2D eigenvalue weighted by molar-refractivity contribution is 5.97. The summed E-state index contributed by atoms with van der Waals surface area (Å²) in [6, 6.07) is 22.0. The Labute approximate surface area is 213 Å². The summed E-state index contributed by atoms with van der Waals surface area (Å²) in [6.45, 7) is 13.5. The highest BCUT2D eigenvalue weighted by Crippen LogP contribution is 2.40. The minimum absolute atomic E-state index is 0.0187. The molecule has 0 spiro atoms. The summed E-state index contributed by atoms with van der Waals surface area (Å²) in [7, 11) is 1.70. The standard InChI is InChI=1S/C31H37N3O2/c1-30(2,3)23-17-22(18-24(28(23)36-7)31(4,5)6)27(35)20-34-26-16-12-11-15-25(26)33(29(34)32)19-21-13-9-8-10-14-21/h8-18,32H,19-20H2,1-7H3. The number of imidazole rings is 1. The van der Waals surface area contributed by atoms with Gasteiger partial charge >= 0.3 is 0 Å². The second-order valence-corrected chi connectivity index (χ2v) is 11.5. The summed E-state index contributed by atoms with van der Waals surface area (Å²) in [5.41, 5.74) is 5.55. The quantitative estimate of drug-likeness (QED) is 0.320. The summed E-state index contributed by atoms with van der Waals surface area (Å²) < 4.78 is 9.65. The zero-order valence-electron chi connectivity index (χ0n) is 22.5. The number of methoxy groups -OCH3 is 1. The van der Waals surface area contributed by atoms with Gasteiger partial charge in [0.2, 0.25) is 5.62 Å². The molecular weight excluding hydrogens is 446 g/mol. The summed E-state index contributed by atoms with van der Waals surface area (Å²) in [4.78, 5) is 13.8. The number of hydrogen-bond donors (Lipinski definition) is 1. The highest BCUT2D eigenvalue weighted by atomic mass is 16.5. The first-order valence-corrected chi connectivity index (χ1v) is 12.4. The Kier molecular flexibility index (Phi) is 6.70. The van der Waals surface area contributed by atoms with Crippen molar-refractivity contribution in [3.8, 4) is 5.75 Å². The van der Waals surface area contributed by atoms with Crippen LogP contribution in [0.15, 0.2) is 66.7 Å². The summed E-state index contributed by atoms with van der Waals surface area (Å²) in [5, 5.41) is 8.98.